The summed E-state index contributed by atoms with van der Waals surface area (Å²) in [6.07, 6.45) is 2.15. The van der Waals surface area contributed by atoms with Gasteiger partial charge in [-0.3, -0.25) is 14.5 Å². The number of aromatic amines is 1. The highest BCUT2D eigenvalue weighted by Crippen LogP contribution is 2.26. The average molecular weight is 477 g/mol. The number of thiophene rings is 1. The number of nitrogens with one attached hydrogen (secondary N) is 3. The molecule has 1 saturated heterocycles. The van der Waals surface area contributed by atoms with Crippen molar-refractivity contribution in [2.75, 3.05) is 6.54 Å². The van der Waals surface area contributed by atoms with Crippen LogP contribution < -0.4 is 10.6 Å². The molecule has 5 rings (SSSR count). The molecule has 34 heavy (non-hydrogen) atoms. The molecule has 0 saturated carbocycles. The van der Waals surface area contributed by atoms with Crippen molar-refractivity contribution < 1.29 is 18.8 Å². The molecule has 0 bridgehead atoms. The van der Waals surface area contributed by atoms with Crippen LogP contribution in [-0.4, -0.2) is 40.3 Å². The van der Waals surface area contributed by atoms with Gasteiger partial charge in [0, 0.05) is 28.4 Å². The number of hydrogen-bond acceptors (Lipinski definition) is 4. The Bertz CT molecular complexity index is 1350. The third-order valence-corrected chi connectivity index (χ3v) is 6.78. The minimum absolute atomic E-state index is 0.320. The van der Waals surface area contributed by atoms with Crippen LogP contribution in [0.3, 0.4) is 0 Å². The standard InChI is InChI=1S/C25H21FN4O3S/c26-17-9-7-15(8-10-17)23(21-6-3-11-34-21)29-22(31)14-30-24(32)20(28-25(30)33)12-16-13-27-19-5-2-1-4-18(16)19/h1-11,13,20,23,27H,12,14H2,(H,28,33)(H,29,31)/t20-,23-/m1/s1. The second-order valence-corrected chi connectivity index (χ2v) is 9.04. The summed E-state index contributed by atoms with van der Waals surface area (Å²) in [5, 5.41) is 8.43. The van der Waals surface area contributed by atoms with Gasteiger partial charge >= 0.3 is 6.03 Å². The van der Waals surface area contributed by atoms with Crippen LogP contribution in [0.2, 0.25) is 0 Å². The van der Waals surface area contributed by atoms with E-state index in [1.54, 1.807) is 12.1 Å². The molecule has 0 aliphatic carbocycles. The highest BCUT2D eigenvalue weighted by molar-refractivity contribution is 7.10. The largest absolute Gasteiger partial charge is 0.361 e. The van der Waals surface area contributed by atoms with Crippen molar-refractivity contribution in [3.63, 3.8) is 0 Å². The van der Waals surface area contributed by atoms with E-state index < -0.39 is 36.5 Å². The zero-order valence-corrected chi connectivity index (χ0v) is 18.8. The maximum Gasteiger partial charge on any atom is 0.325 e. The number of carbonyl (C=O) groups excluding carboxylic acids is 3. The van der Waals surface area contributed by atoms with E-state index in [2.05, 4.69) is 15.6 Å². The van der Waals surface area contributed by atoms with Crippen molar-refractivity contribution >= 4 is 40.1 Å². The van der Waals surface area contributed by atoms with Gasteiger partial charge in [-0.1, -0.05) is 36.4 Å². The van der Waals surface area contributed by atoms with Gasteiger partial charge < -0.3 is 15.6 Å². The molecule has 1 aliphatic rings. The van der Waals surface area contributed by atoms with Crippen LogP contribution in [0.15, 0.2) is 72.2 Å². The number of para-hydroxylation sites is 1. The molecule has 2 aromatic carbocycles. The lowest BCUT2D eigenvalue weighted by Crippen LogP contribution is -2.42. The number of fused-ring (bicyclic) bond motifs is 1. The fourth-order valence-corrected chi connectivity index (χ4v) is 4.97. The number of hydrogen-bond donors (Lipinski definition) is 3. The number of carbonyl (C=O) groups is 3. The second kappa shape index (κ2) is 9.11. The molecule has 4 aromatic rings. The molecule has 1 fully saturated rings. The van der Waals surface area contributed by atoms with Crippen LogP contribution in [0.25, 0.3) is 10.9 Å². The van der Waals surface area contributed by atoms with E-state index >= 15 is 0 Å². The predicted molar refractivity (Wildman–Crippen MR) is 127 cm³/mol. The molecule has 3 heterocycles. The van der Waals surface area contributed by atoms with E-state index in [4.69, 9.17) is 0 Å². The molecule has 7 nitrogen and oxygen atoms in total. The van der Waals surface area contributed by atoms with Gasteiger partial charge in [0.05, 0.1) is 6.04 Å². The summed E-state index contributed by atoms with van der Waals surface area (Å²) in [5.41, 5.74) is 2.56. The molecule has 4 amide bonds. The fraction of sp³-hybridized carbons (Fsp3) is 0.160. The molecule has 172 valence electrons. The Morgan fingerprint density at radius 3 is 2.65 bits per heavy atom. The van der Waals surface area contributed by atoms with Gasteiger partial charge in [-0.2, -0.15) is 0 Å². The Hall–Kier alpha value is -3.98. The van der Waals surface area contributed by atoms with E-state index in [1.165, 1.54) is 23.5 Å². The number of amides is 4. The summed E-state index contributed by atoms with van der Waals surface area (Å²) >= 11 is 1.45. The van der Waals surface area contributed by atoms with Gasteiger partial charge in [0.1, 0.15) is 18.4 Å². The number of imide groups is 1. The summed E-state index contributed by atoms with van der Waals surface area (Å²) in [4.78, 5) is 43.3. The Labute approximate surface area is 198 Å². The number of aromatic nitrogens is 1. The monoisotopic (exact) mass is 476 g/mol. The lowest BCUT2D eigenvalue weighted by Gasteiger charge is -2.20. The Morgan fingerprint density at radius 2 is 1.88 bits per heavy atom. The normalized spacial score (nSPS) is 16.6. The number of nitrogens with zero attached hydrogens (tertiary/aromatic N) is 1. The second-order valence-electron chi connectivity index (χ2n) is 8.06. The number of H-pyrrole nitrogens is 1. The van der Waals surface area contributed by atoms with Gasteiger partial charge in [0.25, 0.3) is 5.91 Å². The van der Waals surface area contributed by atoms with Gasteiger partial charge in [-0.15, -0.1) is 11.3 Å². The number of halogens is 1. The summed E-state index contributed by atoms with van der Waals surface area (Å²) in [5.74, 6) is -1.31. The smallest absolute Gasteiger partial charge is 0.325 e. The van der Waals surface area contributed by atoms with Crippen molar-refractivity contribution in [2.24, 2.45) is 0 Å². The zero-order chi connectivity index (χ0) is 23.7. The Kier molecular flexibility index (Phi) is 5.85. The molecule has 2 aromatic heterocycles. The minimum atomic E-state index is -0.746. The summed E-state index contributed by atoms with van der Waals surface area (Å²) in [6, 6.07) is 15.4. The van der Waals surface area contributed by atoms with E-state index in [0.717, 1.165) is 26.2 Å². The number of rotatable bonds is 7. The maximum atomic E-state index is 13.4. The van der Waals surface area contributed by atoms with Crippen molar-refractivity contribution in [1.82, 2.24) is 20.5 Å². The van der Waals surface area contributed by atoms with E-state index in [0.29, 0.717) is 12.0 Å². The molecule has 3 N–H and O–H groups in total. The number of benzene rings is 2. The first-order valence-corrected chi connectivity index (χ1v) is 11.6. The van der Waals surface area contributed by atoms with E-state index in [9.17, 15) is 18.8 Å². The first-order chi connectivity index (χ1) is 16.5. The quantitative estimate of drug-likeness (QED) is 0.355. The van der Waals surface area contributed by atoms with E-state index in [-0.39, 0.29) is 5.82 Å². The van der Waals surface area contributed by atoms with Crippen LogP contribution in [0, 0.1) is 5.82 Å². The first kappa shape index (κ1) is 21.8. The molecule has 0 spiro atoms. The van der Waals surface area contributed by atoms with Crippen LogP contribution >= 0.6 is 11.3 Å². The number of urea groups is 1. The highest BCUT2D eigenvalue weighted by Gasteiger charge is 2.39. The lowest BCUT2D eigenvalue weighted by molar-refractivity contribution is -0.132. The Morgan fingerprint density at radius 1 is 1.09 bits per heavy atom. The van der Waals surface area contributed by atoms with Gasteiger partial charge in [0.2, 0.25) is 5.91 Å². The molecule has 0 unspecified atom stereocenters. The first-order valence-electron chi connectivity index (χ1n) is 10.7. The van der Waals surface area contributed by atoms with Crippen LogP contribution in [0.1, 0.15) is 22.0 Å². The van der Waals surface area contributed by atoms with Crippen LogP contribution in [0.5, 0.6) is 0 Å². The van der Waals surface area contributed by atoms with Crippen LogP contribution in [-0.2, 0) is 16.0 Å². The Balaban J connectivity index is 1.28. The predicted octanol–water partition coefficient (Wildman–Crippen LogP) is 3.74. The van der Waals surface area contributed by atoms with Crippen molar-refractivity contribution in [1.29, 1.82) is 0 Å². The van der Waals surface area contributed by atoms with Gasteiger partial charge in [-0.25, -0.2) is 9.18 Å². The van der Waals surface area contributed by atoms with Crippen LogP contribution in [0.4, 0.5) is 9.18 Å². The highest BCUT2D eigenvalue weighted by atomic mass is 32.1. The van der Waals surface area contributed by atoms with Crippen molar-refractivity contribution in [3.8, 4) is 0 Å². The molecule has 9 heteroatoms. The molecular formula is C25H21FN4O3S. The molecular weight excluding hydrogens is 455 g/mol. The summed E-state index contributed by atoms with van der Waals surface area (Å²) < 4.78 is 13.4. The third kappa shape index (κ3) is 4.29. The molecule has 1 aliphatic heterocycles. The topological polar surface area (TPSA) is 94.3 Å². The fourth-order valence-electron chi connectivity index (χ4n) is 4.17. The van der Waals surface area contributed by atoms with Gasteiger partial charge in [-0.05, 0) is 40.8 Å². The summed E-state index contributed by atoms with van der Waals surface area (Å²) in [6.45, 7) is -0.405. The molecule has 0 radical (unpaired) electrons. The van der Waals surface area contributed by atoms with E-state index in [1.807, 2.05) is 48.0 Å². The molecule has 2 atom stereocenters. The lowest BCUT2D eigenvalue weighted by atomic mass is 10.0. The zero-order valence-electron chi connectivity index (χ0n) is 18.0. The average Bonchev–Trinajstić information content (AvgIpc) is 3.56. The van der Waals surface area contributed by atoms with Crippen molar-refractivity contribution in [3.05, 3.63) is 94.1 Å². The minimum Gasteiger partial charge on any atom is -0.361 e. The van der Waals surface area contributed by atoms with Gasteiger partial charge in [0.15, 0.2) is 0 Å². The van der Waals surface area contributed by atoms with Crippen molar-refractivity contribution in [2.45, 2.75) is 18.5 Å². The SMILES string of the molecule is O=C(CN1C(=O)N[C@H](Cc2c[nH]c3ccccc23)C1=O)N[C@H](c1ccc(F)cc1)c1cccs1. The third-order valence-electron chi connectivity index (χ3n) is 5.84. The summed E-state index contributed by atoms with van der Waals surface area (Å²) in [7, 11) is 0. The maximum absolute atomic E-state index is 13.4.